The van der Waals surface area contributed by atoms with E-state index >= 15 is 0 Å². The third-order valence-electron chi connectivity index (χ3n) is 2.92. The van der Waals surface area contributed by atoms with E-state index in [1.165, 1.54) is 13.1 Å². The first kappa shape index (κ1) is 14.0. The standard InChI is InChI=1S/C15H12ClN3O/c1-9-4-3-5-10-6-11(14(16)19-13(9)10)7-12(8-17)15(20)18-2/h3-7H,1-2H3,(H,18,20)/b12-7+. The van der Waals surface area contributed by atoms with Crippen molar-refractivity contribution in [2.24, 2.45) is 0 Å². The van der Waals surface area contributed by atoms with Crippen molar-refractivity contribution in [2.45, 2.75) is 6.92 Å². The molecule has 1 N–H and O–H groups in total. The molecule has 0 saturated heterocycles. The van der Waals surface area contributed by atoms with Crippen LogP contribution in [0.1, 0.15) is 11.1 Å². The number of pyridine rings is 1. The number of carbonyl (C=O) groups is 1. The van der Waals surface area contributed by atoms with E-state index in [4.69, 9.17) is 16.9 Å². The zero-order valence-corrected chi connectivity index (χ0v) is 11.8. The van der Waals surface area contributed by atoms with Crippen LogP contribution in [0.25, 0.3) is 17.0 Å². The van der Waals surface area contributed by atoms with Crippen molar-refractivity contribution in [1.29, 1.82) is 5.26 Å². The van der Waals surface area contributed by atoms with Gasteiger partial charge in [-0.3, -0.25) is 4.79 Å². The molecule has 0 aliphatic carbocycles. The molecule has 2 rings (SSSR count). The fourth-order valence-electron chi connectivity index (χ4n) is 1.88. The first-order valence-corrected chi connectivity index (χ1v) is 6.34. The Morgan fingerprint density at radius 1 is 1.50 bits per heavy atom. The van der Waals surface area contributed by atoms with Gasteiger partial charge in [0.1, 0.15) is 16.8 Å². The fraction of sp³-hybridized carbons (Fsp3) is 0.133. The third kappa shape index (κ3) is 2.63. The van der Waals surface area contributed by atoms with Crippen LogP contribution < -0.4 is 5.32 Å². The molecule has 4 nitrogen and oxygen atoms in total. The van der Waals surface area contributed by atoms with Crippen molar-refractivity contribution >= 4 is 34.5 Å². The number of halogens is 1. The summed E-state index contributed by atoms with van der Waals surface area (Å²) in [5, 5.41) is 12.6. The Morgan fingerprint density at radius 3 is 2.90 bits per heavy atom. The second kappa shape index (κ2) is 5.72. The molecule has 1 amide bonds. The summed E-state index contributed by atoms with van der Waals surface area (Å²) in [7, 11) is 1.47. The summed E-state index contributed by atoms with van der Waals surface area (Å²) >= 11 is 6.13. The first-order chi connectivity index (χ1) is 9.56. The molecule has 0 unspecified atom stereocenters. The highest BCUT2D eigenvalue weighted by Gasteiger charge is 2.10. The molecule has 0 aliphatic rings. The highest BCUT2D eigenvalue weighted by molar-refractivity contribution is 6.31. The van der Waals surface area contributed by atoms with Crippen molar-refractivity contribution in [3.8, 4) is 6.07 Å². The molecule has 5 heteroatoms. The summed E-state index contributed by atoms with van der Waals surface area (Å²) < 4.78 is 0. The van der Waals surface area contributed by atoms with Gasteiger partial charge in [0.25, 0.3) is 5.91 Å². The van der Waals surface area contributed by atoms with E-state index in [-0.39, 0.29) is 10.7 Å². The van der Waals surface area contributed by atoms with Crippen molar-refractivity contribution in [1.82, 2.24) is 10.3 Å². The van der Waals surface area contributed by atoms with Gasteiger partial charge in [-0.2, -0.15) is 5.26 Å². The van der Waals surface area contributed by atoms with Crippen LogP contribution in [0.2, 0.25) is 5.15 Å². The van der Waals surface area contributed by atoms with Gasteiger partial charge < -0.3 is 5.32 Å². The lowest BCUT2D eigenvalue weighted by atomic mass is 10.1. The van der Waals surface area contributed by atoms with Gasteiger partial charge in [-0.1, -0.05) is 29.8 Å². The molecule has 1 heterocycles. The molecule has 0 radical (unpaired) electrons. The number of aryl methyl sites for hydroxylation is 1. The molecule has 2 aromatic rings. The molecule has 1 aromatic heterocycles. The summed E-state index contributed by atoms with van der Waals surface area (Å²) in [4.78, 5) is 15.8. The van der Waals surface area contributed by atoms with Crippen LogP contribution in [0.15, 0.2) is 29.8 Å². The first-order valence-electron chi connectivity index (χ1n) is 5.96. The quantitative estimate of drug-likeness (QED) is 0.524. The number of fused-ring (bicyclic) bond motifs is 1. The van der Waals surface area contributed by atoms with Crippen molar-refractivity contribution in [3.63, 3.8) is 0 Å². The Kier molecular flexibility index (Phi) is 4.02. The summed E-state index contributed by atoms with van der Waals surface area (Å²) in [6.45, 7) is 1.95. The van der Waals surface area contributed by atoms with Crippen molar-refractivity contribution in [3.05, 3.63) is 46.1 Å². The average molecular weight is 286 g/mol. The molecule has 100 valence electrons. The number of hydrogen-bond acceptors (Lipinski definition) is 3. The van der Waals surface area contributed by atoms with Gasteiger partial charge in [-0.05, 0) is 24.6 Å². The van der Waals surface area contributed by atoms with E-state index in [1.54, 1.807) is 0 Å². The smallest absolute Gasteiger partial charge is 0.261 e. The SMILES string of the molecule is CNC(=O)/C(C#N)=C/c1cc2cccc(C)c2nc1Cl. The Labute approximate surface area is 121 Å². The topological polar surface area (TPSA) is 65.8 Å². The molecular weight excluding hydrogens is 274 g/mol. The number of nitriles is 1. The zero-order valence-electron chi connectivity index (χ0n) is 11.1. The largest absolute Gasteiger partial charge is 0.354 e. The molecule has 0 aliphatic heterocycles. The number of rotatable bonds is 2. The Hall–Kier alpha value is -2.38. The number of hydrogen-bond donors (Lipinski definition) is 1. The van der Waals surface area contributed by atoms with Crippen LogP contribution in [-0.2, 0) is 4.79 Å². The second-order valence-corrected chi connectivity index (χ2v) is 4.62. The summed E-state index contributed by atoms with van der Waals surface area (Å²) in [5.74, 6) is -0.451. The number of aromatic nitrogens is 1. The lowest BCUT2D eigenvalue weighted by molar-refractivity contribution is -0.116. The van der Waals surface area contributed by atoms with Crippen molar-refractivity contribution < 1.29 is 4.79 Å². The number of carbonyl (C=O) groups excluding carboxylic acids is 1. The van der Waals surface area contributed by atoms with E-state index in [1.807, 2.05) is 37.3 Å². The van der Waals surface area contributed by atoms with Crippen LogP contribution in [0.5, 0.6) is 0 Å². The number of nitrogens with zero attached hydrogens (tertiary/aromatic N) is 2. The molecule has 20 heavy (non-hydrogen) atoms. The monoisotopic (exact) mass is 285 g/mol. The van der Waals surface area contributed by atoms with E-state index in [9.17, 15) is 4.79 Å². The molecule has 0 saturated carbocycles. The molecule has 0 spiro atoms. The molecule has 0 atom stereocenters. The van der Waals surface area contributed by atoms with E-state index < -0.39 is 5.91 Å². The molecule has 0 bridgehead atoms. The van der Waals surface area contributed by atoms with Crippen molar-refractivity contribution in [2.75, 3.05) is 7.05 Å². The van der Waals surface area contributed by atoms with Crippen LogP contribution in [0.3, 0.4) is 0 Å². The van der Waals surface area contributed by atoms with E-state index in [0.717, 1.165) is 16.5 Å². The van der Waals surface area contributed by atoms with E-state index in [2.05, 4.69) is 10.3 Å². The Bertz CT molecular complexity index is 760. The lowest BCUT2D eigenvalue weighted by Gasteiger charge is -2.05. The van der Waals surface area contributed by atoms with Gasteiger partial charge in [-0.25, -0.2) is 4.98 Å². The fourth-order valence-corrected chi connectivity index (χ4v) is 2.07. The lowest BCUT2D eigenvalue weighted by Crippen LogP contribution is -2.19. The summed E-state index contributed by atoms with van der Waals surface area (Å²) in [5.41, 5.74) is 2.37. The average Bonchev–Trinajstić information content (AvgIpc) is 2.45. The Morgan fingerprint density at radius 2 is 2.25 bits per heavy atom. The highest BCUT2D eigenvalue weighted by Crippen LogP contribution is 2.24. The van der Waals surface area contributed by atoms with Crippen LogP contribution >= 0.6 is 11.6 Å². The third-order valence-corrected chi connectivity index (χ3v) is 3.22. The van der Waals surface area contributed by atoms with Gasteiger partial charge in [0, 0.05) is 18.0 Å². The molecule has 1 aromatic carbocycles. The van der Waals surface area contributed by atoms with E-state index in [0.29, 0.717) is 5.56 Å². The number of benzene rings is 1. The second-order valence-electron chi connectivity index (χ2n) is 4.26. The highest BCUT2D eigenvalue weighted by atomic mass is 35.5. The minimum atomic E-state index is -0.451. The Balaban J connectivity index is 2.62. The van der Waals surface area contributed by atoms with Crippen LogP contribution in [-0.4, -0.2) is 17.9 Å². The van der Waals surface area contributed by atoms with Gasteiger partial charge in [0.2, 0.25) is 0 Å². The number of amides is 1. The number of likely N-dealkylation sites (N-methyl/N-ethyl adjacent to an activating group) is 1. The normalized spacial score (nSPS) is 11.2. The maximum absolute atomic E-state index is 11.5. The number of nitrogens with one attached hydrogen (secondary N) is 1. The summed E-state index contributed by atoms with van der Waals surface area (Å²) in [6.07, 6.45) is 1.44. The maximum atomic E-state index is 11.5. The predicted molar refractivity (Wildman–Crippen MR) is 79.1 cm³/mol. The van der Waals surface area contributed by atoms with Gasteiger partial charge in [0.05, 0.1) is 5.52 Å². The van der Waals surface area contributed by atoms with Gasteiger partial charge in [0.15, 0.2) is 0 Å². The maximum Gasteiger partial charge on any atom is 0.261 e. The molecule has 0 fully saturated rings. The zero-order chi connectivity index (χ0) is 14.7. The van der Waals surface area contributed by atoms with Crippen LogP contribution in [0.4, 0.5) is 0 Å². The van der Waals surface area contributed by atoms with Gasteiger partial charge in [-0.15, -0.1) is 0 Å². The van der Waals surface area contributed by atoms with Gasteiger partial charge >= 0.3 is 0 Å². The minimum absolute atomic E-state index is 0.0109. The predicted octanol–water partition coefficient (Wildman–Crippen LogP) is 2.85. The van der Waals surface area contributed by atoms with Crippen LogP contribution in [0, 0.1) is 18.3 Å². The summed E-state index contributed by atoms with van der Waals surface area (Å²) in [6, 6.07) is 9.45. The number of para-hydroxylation sites is 1. The molecular formula is C15H12ClN3O. The minimum Gasteiger partial charge on any atom is -0.354 e.